The van der Waals surface area contributed by atoms with Crippen molar-refractivity contribution in [2.24, 2.45) is 0 Å². The molecule has 0 atom stereocenters. The fourth-order valence-corrected chi connectivity index (χ4v) is 3.67. The summed E-state index contributed by atoms with van der Waals surface area (Å²) in [6.07, 6.45) is 1.75. The van der Waals surface area contributed by atoms with E-state index in [2.05, 4.69) is 25.8 Å². The lowest BCUT2D eigenvalue weighted by Crippen LogP contribution is -2.44. The van der Waals surface area contributed by atoms with Gasteiger partial charge in [0.05, 0.1) is 21.9 Å². The van der Waals surface area contributed by atoms with Crippen LogP contribution in [0.3, 0.4) is 0 Å². The van der Waals surface area contributed by atoms with E-state index in [1.165, 1.54) is 23.5 Å². The largest absolute Gasteiger partial charge is 0.372 e. The molecule has 0 aliphatic rings. The molecule has 1 amide bonds. The van der Waals surface area contributed by atoms with Gasteiger partial charge in [-0.05, 0) is 44.2 Å². The van der Waals surface area contributed by atoms with Crippen molar-refractivity contribution in [3.63, 3.8) is 0 Å². The molecule has 0 saturated carbocycles. The van der Waals surface area contributed by atoms with E-state index in [4.69, 9.17) is 0 Å². The third kappa shape index (κ3) is 2.99. The first-order valence-corrected chi connectivity index (χ1v) is 8.82. The SMILES string of the molecule is CC(C)(Nc1cccc(F)c1)C(=O)Nc1nc2ccc3[nH]ncc3c2s1. The zero-order chi connectivity index (χ0) is 18.3. The smallest absolute Gasteiger partial charge is 0.251 e. The van der Waals surface area contributed by atoms with E-state index in [-0.39, 0.29) is 11.7 Å². The second kappa shape index (κ2) is 6.06. The average Bonchev–Trinajstić information content (AvgIpc) is 3.19. The number of H-pyrrole nitrogens is 1. The Bertz CT molecular complexity index is 1120. The predicted octanol–water partition coefficient (Wildman–Crippen LogP) is 4.14. The Labute approximate surface area is 152 Å². The maximum absolute atomic E-state index is 13.4. The number of halogens is 1. The van der Waals surface area contributed by atoms with E-state index in [0.717, 1.165) is 21.1 Å². The highest BCUT2D eigenvalue weighted by Crippen LogP contribution is 2.32. The molecule has 0 fully saturated rings. The van der Waals surface area contributed by atoms with Gasteiger partial charge in [-0.1, -0.05) is 17.4 Å². The van der Waals surface area contributed by atoms with Crippen molar-refractivity contribution >= 4 is 49.2 Å². The standard InChI is InChI=1S/C18H16FN5OS/c1-18(2,23-11-5-3-4-10(19)8-11)16(25)22-17-21-14-7-6-13-12(9-20-24-13)15(14)26-17/h3-9,23H,1-2H3,(H,20,24)(H,21,22,25). The average molecular weight is 369 g/mol. The van der Waals surface area contributed by atoms with Gasteiger partial charge in [-0.2, -0.15) is 5.10 Å². The number of nitrogens with one attached hydrogen (secondary N) is 3. The molecule has 0 bridgehead atoms. The van der Waals surface area contributed by atoms with Gasteiger partial charge in [0, 0.05) is 11.1 Å². The molecule has 0 aliphatic heterocycles. The molecular weight excluding hydrogens is 353 g/mol. The summed E-state index contributed by atoms with van der Waals surface area (Å²) >= 11 is 1.39. The van der Waals surface area contributed by atoms with E-state index in [1.54, 1.807) is 32.2 Å². The van der Waals surface area contributed by atoms with Gasteiger partial charge >= 0.3 is 0 Å². The van der Waals surface area contributed by atoms with Gasteiger partial charge < -0.3 is 5.32 Å². The Morgan fingerprint density at radius 1 is 1.27 bits per heavy atom. The lowest BCUT2D eigenvalue weighted by atomic mass is 10.0. The number of anilines is 2. The van der Waals surface area contributed by atoms with Crippen LogP contribution in [0.2, 0.25) is 0 Å². The van der Waals surface area contributed by atoms with Crippen LogP contribution in [0.25, 0.3) is 21.1 Å². The normalized spacial score (nSPS) is 11.8. The number of hydrogen-bond acceptors (Lipinski definition) is 5. The second-order valence-corrected chi connectivity index (χ2v) is 7.48. The molecule has 132 valence electrons. The van der Waals surface area contributed by atoms with E-state index < -0.39 is 5.54 Å². The lowest BCUT2D eigenvalue weighted by molar-refractivity contribution is -0.119. The van der Waals surface area contributed by atoms with Crippen molar-refractivity contribution in [3.05, 3.63) is 48.4 Å². The molecule has 4 rings (SSSR count). The molecule has 0 radical (unpaired) electrons. The number of rotatable bonds is 4. The fourth-order valence-electron chi connectivity index (χ4n) is 2.69. The van der Waals surface area contributed by atoms with Crippen LogP contribution in [-0.4, -0.2) is 26.6 Å². The number of carbonyl (C=O) groups excluding carboxylic acids is 1. The summed E-state index contributed by atoms with van der Waals surface area (Å²) in [5, 5.41) is 14.3. The van der Waals surface area contributed by atoms with Crippen molar-refractivity contribution in [2.45, 2.75) is 19.4 Å². The molecular formula is C18H16FN5OS. The van der Waals surface area contributed by atoms with E-state index >= 15 is 0 Å². The number of nitrogens with zero attached hydrogens (tertiary/aromatic N) is 2. The molecule has 0 unspecified atom stereocenters. The summed E-state index contributed by atoms with van der Waals surface area (Å²) < 4.78 is 14.3. The Morgan fingerprint density at radius 3 is 2.92 bits per heavy atom. The third-order valence-electron chi connectivity index (χ3n) is 4.04. The van der Waals surface area contributed by atoms with Gasteiger partial charge in [0.2, 0.25) is 0 Å². The van der Waals surface area contributed by atoms with E-state index in [9.17, 15) is 9.18 Å². The first kappa shape index (κ1) is 16.5. The van der Waals surface area contributed by atoms with Crippen molar-refractivity contribution < 1.29 is 9.18 Å². The highest BCUT2D eigenvalue weighted by Gasteiger charge is 2.28. The number of hydrogen-bond donors (Lipinski definition) is 3. The van der Waals surface area contributed by atoms with Crippen LogP contribution in [-0.2, 0) is 4.79 Å². The summed E-state index contributed by atoms with van der Waals surface area (Å²) in [6, 6.07) is 9.81. The van der Waals surface area contributed by atoms with Gasteiger partial charge in [-0.25, -0.2) is 9.37 Å². The topological polar surface area (TPSA) is 82.7 Å². The minimum atomic E-state index is -0.948. The zero-order valence-corrected chi connectivity index (χ0v) is 14.9. The quantitative estimate of drug-likeness (QED) is 0.505. The number of carbonyl (C=O) groups is 1. The van der Waals surface area contributed by atoms with Crippen LogP contribution >= 0.6 is 11.3 Å². The Hall–Kier alpha value is -3.00. The minimum Gasteiger partial charge on any atom is -0.372 e. The third-order valence-corrected chi connectivity index (χ3v) is 5.06. The number of amides is 1. The zero-order valence-electron chi connectivity index (χ0n) is 14.1. The summed E-state index contributed by atoms with van der Waals surface area (Å²) in [6.45, 7) is 3.46. The number of fused-ring (bicyclic) bond motifs is 3. The maximum Gasteiger partial charge on any atom is 0.251 e. The van der Waals surface area contributed by atoms with Crippen LogP contribution in [0.5, 0.6) is 0 Å². The molecule has 2 aromatic heterocycles. The Morgan fingerprint density at radius 2 is 2.12 bits per heavy atom. The van der Waals surface area contributed by atoms with Gasteiger partial charge in [0.15, 0.2) is 5.13 Å². The van der Waals surface area contributed by atoms with Gasteiger partial charge in [-0.3, -0.25) is 15.2 Å². The summed E-state index contributed by atoms with van der Waals surface area (Å²) in [5.74, 6) is -0.620. The Balaban J connectivity index is 1.57. The van der Waals surface area contributed by atoms with Crippen molar-refractivity contribution in [3.8, 4) is 0 Å². The Kier molecular flexibility index (Phi) is 3.84. The summed E-state index contributed by atoms with van der Waals surface area (Å²) in [4.78, 5) is 17.2. The van der Waals surface area contributed by atoms with Crippen molar-refractivity contribution in [1.29, 1.82) is 0 Å². The molecule has 0 aliphatic carbocycles. The molecule has 4 aromatic rings. The molecule has 2 heterocycles. The van der Waals surface area contributed by atoms with E-state index in [1.807, 2.05) is 12.1 Å². The van der Waals surface area contributed by atoms with Crippen LogP contribution in [0.1, 0.15) is 13.8 Å². The number of aromatic nitrogens is 3. The molecule has 3 N–H and O–H groups in total. The van der Waals surface area contributed by atoms with Crippen molar-refractivity contribution in [2.75, 3.05) is 10.6 Å². The maximum atomic E-state index is 13.4. The first-order chi connectivity index (χ1) is 12.4. The summed E-state index contributed by atoms with van der Waals surface area (Å²) in [5.41, 5.74) is 1.31. The molecule has 0 saturated heterocycles. The molecule has 0 spiro atoms. The number of benzene rings is 2. The van der Waals surface area contributed by atoms with Crippen LogP contribution in [0.4, 0.5) is 15.2 Å². The van der Waals surface area contributed by atoms with Crippen LogP contribution in [0, 0.1) is 5.82 Å². The molecule has 8 heteroatoms. The number of aromatic amines is 1. The molecule has 2 aromatic carbocycles. The molecule has 6 nitrogen and oxygen atoms in total. The van der Waals surface area contributed by atoms with Gasteiger partial charge in [0.1, 0.15) is 11.4 Å². The molecule has 26 heavy (non-hydrogen) atoms. The monoisotopic (exact) mass is 369 g/mol. The highest BCUT2D eigenvalue weighted by molar-refractivity contribution is 7.23. The first-order valence-electron chi connectivity index (χ1n) is 8.00. The highest BCUT2D eigenvalue weighted by atomic mass is 32.1. The van der Waals surface area contributed by atoms with E-state index in [0.29, 0.717) is 10.8 Å². The van der Waals surface area contributed by atoms with Gasteiger partial charge in [0.25, 0.3) is 5.91 Å². The predicted molar refractivity (Wildman–Crippen MR) is 102 cm³/mol. The van der Waals surface area contributed by atoms with Crippen LogP contribution < -0.4 is 10.6 Å². The lowest BCUT2D eigenvalue weighted by Gasteiger charge is -2.25. The number of thiazole rings is 1. The second-order valence-electron chi connectivity index (χ2n) is 6.48. The van der Waals surface area contributed by atoms with Crippen molar-refractivity contribution in [1.82, 2.24) is 15.2 Å². The summed E-state index contributed by atoms with van der Waals surface area (Å²) in [7, 11) is 0. The fraction of sp³-hybridized carbons (Fsp3) is 0.167. The van der Waals surface area contributed by atoms with Crippen LogP contribution in [0.15, 0.2) is 42.6 Å². The van der Waals surface area contributed by atoms with Gasteiger partial charge in [-0.15, -0.1) is 0 Å². The minimum absolute atomic E-state index is 0.260.